The Balaban J connectivity index is 2.13. The molecule has 0 spiro atoms. The molecular weight excluding hydrogens is 288 g/mol. The maximum absolute atomic E-state index is 12.2. The van der Waals surface area contributed by atoms with E-state index in [1.54, 1.807) is 0 Å². The summed E-state index contributed by atoms with van der Waals surface area (Å²) in [5.41, 5.74) is -0.349. The summed E-state index contributed by atoms with van der Waals surface area (Å²) < 4.78 is 5.71. The van der Waals surface area contributed by atoms with E-state index in [0.717, 1.165) is 4.90 Å². The highest BCUT2D eigenvalue weighted by Crippen LogP contribution is 2.37. The van der Waals surface area contributed by atoms with Gasteiger partial charge in [-0.15, -0.1) is 11.8 Å². The van der Waals surface area contributed by atoms with Crippen LogP contribution >= 0.6 is 11.8 Å². The lowest BCUT2D eigenvalue weighted by Gasteiger charge is -2.26. The number of Topliss-reactive ketones (excluding diaryl/α,β-unsaturated/α-hetero) is 1. The molecule has 2 N–H and O–H groups in total. The van der Waals surface area contributed by atoms with Crippen LogP contribution < -0.4 is 0 Å². The molecule has 116 valence electrons. The van der Waals surface area contributed by atoms with Crippen LogP contribution in [-0.4, -0.2) is 45.7 Å². The fourth-order valence-corrected chi connectivity index (χ4v) is 3.56. The highest BCUT2D eigenvalue weighted by atomic mass is 32.2. The van der Waals surface area contributed by atoms with E-state index in [4.69, 9.17) is 4.74 Å². The van der Waals surface area contributed by atoms with Crippen molar-refractivity contribution in [1.82, 2.24) is 0 Å². The Labute approximate surface area is 129 Å². The first-order valence-corrected chi connectivity index (χ1v) is 7.93. The molecule has 5 heteroatoms. The third kappa shape index (κ3) is 4.07. The van der Waals surface area contributed by atoms with Crippen molar-refractivity contribution in [3.8, 4) is 0 Å². The third-order valence-electron chi connectivity index (χ3n) is 3.44. The maximum Gasteiger partial charge on any atom is 0.177 e. The van der Waals surface area contributed by atoms with Crippen molar-refractivity contribution < 1.29 is 19.7 Å². The predicted octanol–water partition coefficient (Wildman–Crippen LogP) is 1.88. The number of hydrogen-bond acceptors (Lipinski definition) is 5. The van der Waals surface area contributed by atoms with Gasteiger partial charge in [0.15, 0.2) is 5.78 Å². The smallest absolute Gasteiger partial charge is 0.177 e. The summed E-state index contributed by atoms with van der Waals surface area (Å²) >= 11 is 1.38. The van der Waals surface area contributed by atoms with E-state index in [9.17, 15) is 15.0 Å². The fourth-order valence-electron chi connectivity index (χ4n) is 2.28. The molecule has 0 aromatic heterocycles. The SMILES string of the molecule is CC(C)(C)OCC1C(Sc2ccccc2)C(=O)C(O)C1O. The molecule has 0 amide bonds. The second kappa shape index (κ2) is 6.48. The zero-order valence-electron chi connectivity index (χ0n) is 12.5. The molecule has 0 aliphatic heterocycles. The second-order valence-corrected chi connectivity index (χ2v) is 7.49. The van der Waals surface area contributed by atoms with E-state index >= 15 is 0 Å². The number of aliphatic hydroxyl groups excluding tert-OH is 2. The number of carbonyl (C=O) groups excluding carboxylic acids is 1. The summed E-state index contributed by atoms with van der Waals surface area (Å²) in [6, 6.07) is 9.53. The molecule has 21 heavy (non-hydrogen) atoms. The Hall–Kier alpha value is -0.880. The molecule has 1 fully saturated rings. The monoisotopic (exact) mass is 310 g/mol. The Morgan fingerprint density at radius 1 is 1.19 bits per heavy atom. The lowest BCUT2D eigenvalue weighted by atomic mass is 10.1. The van der Waals surface area contributed by atoms with E-state index in [0.29, 0.717) is 0 Å². The van der Waals surface area contributed by atoms with Gasteiger partial charge in [-0.2, -0.15) is 0 Å². The lowest BCUT2D eigenvalue weighted by Crippen LogP contribution is -2.33. The fraction of sp³-hybridized carbons (Fsp3) is 0.562. The van der Waals surface area contributed by atoms with E-state index in [-0.39, 0.29) is 18.0 Å². The zero-order chi connectivity index (χ0) is 15.6. The number of ketones is 1. The maximum atomic E-state index is 12.2. The van der Waals surface area contributed by atoms with E-state index in [2.05, 4.69) is 0 Å². The number of thioether (sulfide) groups is 1. The van der Waals surface area contributed by atoms with Gasteiger partial charge in [-0.25, -0.2) is 0 Å². The summed E-state index contributed by atoms with van der Waals surface area (Å²) in [6.07, 6.45) is -2.39. The summed E-state index contributed by atoms with van der Waals surface area (Å²) in [7, 11) is 0. The molecule has 0 bridgehead atoms. The quantitative estimate of drug-likeness (QED) is 0.889. The van der Waals surface area contributed by atoms with E-state index in [1.165, 1.54) is 11.8 Å². The molecule has 1 aliphatic carbocycles. The number of ether oxygens (including phenoxy) is 1. The van der Waals surface area contributed by atoms with E-state index < -0.39 is 23.4 Å². The van der Waals surface area contributed by atoms with Gasteiger partial charge in [0.25, 0.3) is 0 Å². The highest BCUT2D eigenvalue weighted by molar-refractivity contribution is 8.00. The van der Waals surface area contributed by atoms with Crippen LogP contribution in [0, 0.1) is 5.92 Å². The van der Waals surface area contributed by atoms with Gasteiger partial charge in [0.05, 0.1) is 23.6 Å². The van der Waals surface area contributed by atoms with Gasteiger partial charge >= 0.3 is 0 Å². The van der Waals surface area contributed by atoms with Crippen molar-refractivity contribution >= 4 is 17.5 Å². The average Bonchev–Trinajstić information content (AvgIpc) is 2.62. The molecule has 1 aliphatic rings. The number of rotatable bonds is 4. The van der Waals surface area contributed by atoms with Gasteiger partial charge < -0.3 is 14.9 Å². The molecule has 1 aromatic carbocycles. The molecule has 2 rings (SSSR count). The van der Waals surface area contributed by atoms with Crippen LogP contribution in [0.5, 0.6) is 0 Å². The molecule has 1 saturated carbocycles. The third-order valence-corrected chi connectivity index (χ3v) is 4.82. The first-order chi connectivity index (χ1) is 9.79. The Bertz CT molecular complexity index is 483. The summed E-state index contributed by atoms with van der Waals surface area (Å²) in [6.45, 7) is 6.02. The average molecular weight is 310 g/mol. The normalized spacial score (nSPS) is 29.9. The minimum atomic E-state index is -1.32. The minimum absolute atomic E-state index is 0.248. The molecule has 4 nitrogen and oxygen atoms in total. The van der Waals surface area contributed by atoms with Gasteiger partial charge in [-0.05, 0) is 32.9 Å². The first-order valence-electron chi connectivity index (χ1n) is 7.05. The van der Waals surface area contributed by atoms with Crippen molar-refractivity contribution in [1.29, 1.82) is 0 Å². The molecule has 0 radical (unpaired) electrons. The largest absolute Gasteiger partial charge is 0.390 e. The first kappa shape index (κ1) is 16.5. The van der Waals surface area contributed by atoms with Gasteiger partial charge in [-0.3, -0.25) is 4.79 Å². The van der Waals surface area contributed by atoms with Crippen LogP contribution in [0.25, 0.3) is 0 Å². The minimum Gasteiger partial charge on any atom is -0.390 e. The van der Waals surface area contributed by atoms with E-state index in [1.807, 2.05) is 51.1 Å². The van der Waals surface area contributed by atoms with Gasteiger partial charge in [0.2, 0.25) is 0 Å². The standard InChI is InChI=1S/C16H22O4S/c1-16(2,3)20-9-11-12(17)13(18)14(19)15(11)21-10-7-5-4-6-8-10/h4-8,11-13,15,17-18H,9H2,1-3H3. The summed E-state index contributed by atoms with van der Waals surface area (Å²) in [5.74, 6) is -0.726. The van der Waals surface area contributed by atoms with Gasteiger partial charge in [0, 0.05) is 10.8 Å². The van der Waals surface area contributed by atoms with Crippen molar-refractivity contribution in [2.24, 2.45) is 5.92 Å². The van der Waals surface area contributed by atoms with Crippen LogP contribution in [-0.2, 0) is 9.53 Å². The summed E-state index contributed by atoms with van der Waals surface area (Å²) in [4.78, 5) is 13.1. The number of hydrogen-bond donors (Lipinski definition) is 2. The molecule has 1 aromatic rings. The Morgan fingerprint density at radius 2 is 1.81 bits per heavy atom. The topological polar surface area (TPSA) is 66.8 Å². The summed E-state index contributed by atoms with van der Waals surface area (Å²) in [5, 5.41) is 19.5. The van der Waals surface area contributed by atoms with Crippen LogP contribution in [0.15, 0.2) is 35.2 Å². The number of benzene rings is 1. The predicted molar refractivity (Wildman–Crippen MR) is 82.3 cm³/mol. The number of aliphatic hydroxyl groups is 2. The van der Waals surface area contributed by atoms with Crippen molar-refractivity contribution in [2.75, 3.05) is 6.61 Å². The molecule has 4 atom stereocenters. The molecular formula is C16H22O4S. The lowest BCUT2D eigenvalue weighted by molar-refractivity contribution is -0.126. The van der Waals surface area contributed by atoms with Crippen molar-refractivity contribution in [3.63, 3.8) is 0 Å². The van der Waals surface area contributed by atoms with Gasteiger partial charge in [-0.1, -0.05) is 18.2 Å². The van der Waals surface area contributed by atoms with Crippen molar-refractivity contribution in [3.05, 3.63) is 30.3 Å². The van der Waals surface area contributed by atoms with Crippen molar-refractivity contribution in [2.45, 2.75) is 48.7 Å². The van der Waals surface area contributed by atoms with Crippen LogP contribution in [0.2, 0.25) is 0 Å². The van der Waals surface area contributed by atoms with Gasteiger partial charge in [0.1, 0.15) is 6.10 Å². The molecule has 4 unspecified atom stereocenters. The van der Waals surface area contributed by atoms with Crippen LogP contribution in [0.4, 0.5) is 0 Å². The molecule has 0 heterocycles. The molecule has 0 saturated heterocycles. The second-order valence-electron chi connectivity index (χ2n) is 6.28. The Kier molecular flexibility index (Phi) is 5.09. The van der Waals surface area contributed by atoms with Crippen LogP contribution in [0.1, 0.15) is 20.8 Å². The zero-order valence-corrected chi connectivity index (χ0v) is 13.3. The Morgan fingerprint density at radius 3 is 2.38 bits per heavy atom. The van der Waals surface area contributed by atoms with Crippen LogP contribution in [0.3, 0.4) is 0 Å². The number of carbonyl (C=O) groups is 1. The highest BCUT2D eigenvalue weighted by Gasteiger charge is 2.49.